The number of ether oxygens (including phenoxy) is 1. The van der Waals surface area contributed by atoms with Gasteiger partial charge in [-0.1, -0.05) is 0 Å². The summed E-state index contributed by atoms with van der Waals surface area (Å²) in [5, 5.41) is 2.19. The summed E-state index contributed by atoms with van der Waals surface area (Å²) in [6.45, 7) is 3.74. The van der Waals surface area contributed by atoms with Gasteiger partial charge in [0.2, 0.25) is 0 Å². The summed E-state index contributed by atoms with van der Waals surface area (Å²) in [5.74, 6) is 0.782. The highest BCUT2D eigenvalue weighted by Gasteiger charge is 2.37. The summed E-state index contributed by atoms with van der Waals surface area (Å²) >= 11 is 5.34. The fourth-order valence-electron chi connectivity index (χ4n) is 3.40. The van der Waals surface area contributed by atoms with Crippen LogP contribution in [0.3, 0.4) is 0 Å². The zero-order valence-corrected chi connectivity index (χ0v) is 15.9. The second-order valence-electron chi connectivity index (χ2n) is 6.30. The standard InChI is InChI=1S/C18H19BrN2O2S/c1-23-14-2-3-16(19)15(8-14)18(22)21-10-13(11-21)20-6-4-17-12(9-20)5-7-24-17/h2-3,5,7-8,13H,4,6,9-11H2,1H3. The second-order valence-corrected chi connectivity index (χ2v) is 8.15. The van der Waals surface area contributed by atoms with E-state index in [4.69, 9.17) is 4.74 Å². The molecule has 24 heavy (non-hydrogen) atoms. The van der Waals surface area contributed by atoms with Crippen molar-refractivity contribution in [3.05, 3.63) is 50.1 Å². The van der Waals surface area contributed by atoms with Crippen LogP contribution in [0.15, 0.2) is 34.1 Å². The normalized spacial score (nSPS) is 18.2. The van der Waals surface area contributed by atoms with Crippen molar-refractivity contribution in [2.24, 2.45) is 0 Å². The van der Waals surface area contributed by atoms with Gasteiger partial charge in [0.05, 0.1) is 12.7 Å². The van der Waals surface area contributed by atoms with Gasteiger partial charge in [-0.25, -0.2) is 0 Å². The predicted molar refractivity (Wildman–Crippen MR) is 98.8 cm³/mol. The molecule has 2 aliphatic heterocycles. The van der Waals surface area contributed by atoms with E-state index in [-0.39, 0.29) is 5.91 Å². The molecule has 4 nitrogen and oxygen atoms in total. The number of carbonyl (C=O) groups excluding carboxylic acids is 1. The summed E-state index contributed by atoms with van der Waals surface area (Å²) in [5.41, 5.74) is 2.14. The summed E-state index contributed by atoms with van der Waals surface area (Å²) in [7, 11) is 1.62. The monoisotopic (exact) mass is 406 g/mol. The Morgan fingerprint density at radius 2 is 2.17 bits per heavy atom. The molecule has 4 rings (SSSR count). The number of rotatable bonds is 3. The van der Waals surface area contributed by atoms with Crippen LogP contribution in [0.25, 0.3) is 0 Å². The van der Waals surface area contributed by atoms with Crippen LogP contribution in [-0.4, -0.2) is 48.5 Å². The third-order valence-corrected chi connectivity index (χ3v) is 6.62. The summed E-state index contributed by atoms with van der Waals surface area (Å²) in [6.07, 6.45) is 1.14. The van der Waals surface area contributed by atoms with Crippen LogP contribution in [0.2, 0.25) is 0 Å². The van der Waals surface area contributed by atoms with Gasteiger partial charge in [0.25, 0.3) is 5.91 Å². The smallest absolute Gasteiger partial charge is 0.255 e. The number of fused-ring (bicyclic) bond motifs is 1. The molecule has 1 aromatic carbocycles. The molecule has 0 unspecified atom stereocenters. The van der Waals surface area contributed by atoms with Crippen LogP contribution in [0, 0.1) is 0 Å². The van der Waals surface area contributed by atoms with Gasteiger partial charge in [0, 0.05) is 41.6 Å². The van der Waals surface area contributed by atoms with Crippen LogP contribution in [0.5, 0.6) is 5.75 Å². The summed E-state index contributed by atoms with van der Waals surface area (Å²) in [4.78, 5) is 18.7. The first-order valence-electron chi connectivity index (χ1n) is 8.08. The first-order chi connectivity index (χ1) is 11.7. The Balaban J connectivity index is 1.40. The maximum absolute atomic E-state index is 12.7. The summed E-state index contributed by atoms with van der Waals surface area (Å²) in [6, 6.07) is 8.24. The highest BCUT2D eigenvalue weighted by molar-refractivity contribution is 9.10. The molecule has 0 radical (unpaired) electrons. The van der Waals surface area contributed by atoms with E-state index in [1.807, 2.05) is 28.4 Å². The minimum Gasteiger partial charge on any atom is -0.497 e. The van der Waals surface area contributed by atoms with Crippen molar-refractivity contribution < 1.29 is 9.53 Å². The average molecular weight is 407 g/mol. The SMILES string of the molecule is COc1ccc(Br)c(C(=O)N2CC(N3CCc4sccc4C3)C2)c1. The highest BCUT2D eigenvalue weighted by atomic mass is 79.9. The quantitative estimate of drug-likeness (QED) is 0.782. The Hall–Kier alpha value is -1.37. The number of halogens is 1. The average Bonchev–Trinajstić information content (AvgIpc) is 3.01. The van der Waals surface area contributed by atoms with Gasteiger partial charge in [-0.2, -0.15) is 0 Å². The van der Waals surface area contributed by atoms with Crippen molar-refractivity contribution in [3.8, 4) is 5.75 Å². The van der Waals surface area contributed by atoms with Gasteiger partial charge in [-0.05, 0) is 57.6 Å². The van der Waals surface area contributed by atoms with Crippen molar-refractivity contribution in [1.82, 2.24) is 9.80 Å². The maximum Gasteiger partial charge on any atom is 0.255 e. The highest BCUT2D eigenvalue weighted by Crippen LogP contribution is 2.30. The fraction of sp³-hybridized carbons (Fsp3) is 0.389. The van der Waals surface area contributed by atoms with E-state index in [9.17, 15) is 4.79 Å². The van der Waals surface area contributed by atoms with Crippen molar-refractivity contribution in [2.45, 2.75) is 19.0 Å². The molecule has 0 N–H and O–H groups in total. The van der Waals surface area contributed by atoms with Gasteiger partial charge in [-0.3, -0.25) is 9.69 Å². The Morgan fingerprint density at radius 1 is 1.33 bits per heavy atom. The molecule has 1 amide bonds. The van der Waals surface area contributed by atoms with Gasteiger partial charge < -0.3 is 9.64 Å². The van der Waals surface area contributed by atoms with Crippen molar-refractivity contribution in [2.75, 3.05) is 26.7 Å². The molecule has 6 heteroatoms. The van der Waals surface area contributed by atoms with Gasteiger partial charge >= 0.3 is 0 Å². The van der Waals surface area contributed by atoms with Crippen LogP contribution in [0.1, 0.15) is 20.8 Å². The minimum atomic E-state index is 0.0743. The van der Waals surface area contributed by atoms with E-state index in [1.54, 1.807) is 13.2 Å². The van der Waals surface area contributed by atoms with E-state index >= 15 is 0 Å². The molecule has 0 atom stereocenters. The number of likely N-dealkylation sites (tertiary alicyclic amines) is 1. The molecular weight excluding hydrogens is 388 g/mol. The Kier molecular flexibility index (Phi) is 4.37. The van der Waals surface area contributed by atoms with E-state index < -0.39 is 0 Å². The number of methoxy groups -OCH3 is 1. The molecule has 1 aromatic heterocycles. The number of thiophene rings is 1. The molecule has 0 saturated carbocycles. The Morgan fingerprint density at radius 3 is 2.96 bits per heavy atom. The van der Waals surface area contributed by atoms with Crippen molar-refractivity contribution >= 4 is 33.2 Å². The third kappa shape index (κ3) is 2.87. The topological polar surface area (TPSA) is 32.8 Å². The lowest BCUT2D eigenvalue weighted by Gasteiger charge is -2.46. The lowest BCUT2D eigenvalue weighted by Crippen LogP contribution is -2.61. The number of hydrogen-bond donors (Lipinski definition) is 0. The molecule has 3 heterocycles. The van der Waals surface area contributed by atoms with Crippen LogP contribution < -0.4 is 4.74 Å². The molecule has 1 saturated heterocycles. The summed E-state index contributed by atoms with van der Waals surface area (Å²) < 4.78 is 6.05. The van der Waals surface area contributed by atoms with E-state index in [0.717, 1.165) is 37.1 Å². The first-order valence-corrected chi connectivity index (χ1v) is 9.75. The second kappa shape index (κ2) is 6.50. The maximum atomic E-state index is 12.7. The zero-order valence-electron chi connectivity index (χ0n) is 13.5. The molecule has 1 fully saturated rings. The number of benzene rings is 1. The molecule has 0 aliphatic carbocycles. The zero-order chi connectivity index (χ0) is 16.7. The Labute approximate surface area is 154 Å². The number of amides is 1. The number of hydrogen-bond acceptors (Lipinski definition) is 4. The lowest BCUT2D eigenvalue weighted by atomic mass is 10.0. The van der Waals surface area contributed by atoms with Crippen molar-refractivity contribution in [1.29, 1.82) is 0 Å². The van der Waals surface area contributed by atoms with Gasteiger partial charge in [-0.15, -0.1) is 11.3 Å². The van der Waals surface area contributed by atoms with E-state index in [1.165, 1.54) is 10.4 Å². The molecule has 0 bridgehead atoms. The van der Waals surface area contributed by atoms with E-state index in [0.29, 0.717) is 17.4 Å². The lowest BCUT2D eigenvalue weighted by molar-refractivity contribution is 0.0220. The first kappa shape index (κ1) is 16.1. The predicted octanol–water partition coefficient (Wildman–Crippen LogP) is 3.40. The van der Waals surface area contributed by atoms with Gasteiger partial charge in [0.15, 0.2) is 0 Å². The van der Waals surface area contributed by atoms with Crippen LogP contribution in [-0.2, 0) is 13.0 Å². The number of carbonyl (C=O) groups is 1. The Bertz CT molecular complexity index is 770. The van der Waals surface area contributed by atoms with Crippen molar-refractivity contribution in [3.63, 3.8) is 0 Å². The molecule has 0 spiro atoms. The molecule has 2 aromatic rings. The van der Waals surface area contributed by atoms with Crippen LogP contribution in [0.4, 0.5) is 0 Å². The molecular formula is C18H19BrN2O2S. The van der Waals surface area contributed by atoms with Gasteiger partial charge in [0.1, 0.15) is 5.75 Å². The minimum absolute atomic E-state index is 0.0743. The number of nitrogens with zero attached hydrogens (tertiary/aromatic N) is 2. The largest absolute Gasteiger partial charge is 0.497 e. The van der Waals surface area contributed by atoms with E-state index in [2.05, 4.69) is 32.3 Å². The molecule has 126 valence electrons. The molecule has 2 aliphatic rings. The fourth-order valence-corrected chi connectivity index (χ4v) is 4.71. The van der Waals surface area contributed by atoms with Crippen LogP contribution >= 0.6 is 27.3 Å². The third-order valence-electron chi connectivity index (χ3n) is 4.91.